The molecule has 5 nitrogen and oxygen atoms in total. The molecule has 1 unspecified atom stereocenters. The highest BCUT2D eigenvalue weighted by atomic mass is 16.5. The highest BCUT2D eigenvalue weighted by Gasteiger charge is 2.27. The minimum absolute atomic E-state index is 0.169. The van der Waals surface area contributed by atoms with Crippen molar-refractivity contribution >= 4 is 5.78 Å². The number of rotatable bonds is 2. The van der Waals surface area contributed by atoms with Crippen LogP contribution in [0.5, 0.6) is 17.2 Å². The van der Waals surface area contributed by atoms with Crippen LogP contribution >= 0.6 is 0 Å². The van der Waals surface area contributed by atoms with E-state index in [1.165, 1.54) is 6.92 Å². The van der Waals surface area contributed by atoms with Gasteiger partial charge in [-0.1, -0.05) is 0 Å². The fourth-order valence-corrected chi connectivity index (χ4v) is 2.29. The van der Waals surface area contributed by atoms with Crippen LogP contribution < -0.4 is 0 Å². The topological polar surface area (TPSA) is 87.0 Å². The van der Waals surface area contributed by atoms with Gasteiger partial charge in [-0.15, -0.1) is 0 Å². The Hall–Kier alpha value is -1.75. The molecule has 1 aliphatic heterocycles. The zero-order valence-corrected chi connectivity index (χ0v) is 10.1. The van der Waals surface area contributed by atoms with E-state index in [4.69, 9.17) is 4.74 Å². The van der Waals surface area contributed by atoms with Crippen molar-refractivity contribution in [2.75, 3.05) is 6.61 Å². The molecule has 1 aliphatic rings. The molecule has 0 radical (unpaired) electrons. The van der Waals surface area contributed by atoms with E-state index in [0.717, 1.165) is 18.9 Å². The average molecular weight is 252 g/mol. The first-order valence-corrected chi connectivity index (χ1v) is 5.92. The van der Waals surface area contributed by atoms with E-state index in [1.807, 2.05) is 0 Å². The molecule has 0 amide bonds. The number of ketones is 1. The highest BCUT2D eigenvalue weighted by Crippen LogP contribution is 2.44. The molecule has 1 aromatic rings. The molecular weight excluding hydrogens is 236 g/mol. The van der Waals surface area contributed by atoms with Crippen molar-refractivity contribution in [2.45, 2.75) is 32.3 Å². The fourth-order valence-electron chi connectivity index (χ4n) is 2.29. The van der Waals surface area contributed by atoms with Crippen molar-refractivity contribution < 1.29 is 24.9 Å². The zero-order chi connectivity index (χ0) is 13.3. The van der Waals surface area contributed by atoms with Gasteiger partial charge in [0.15, 0.2) is 5.78 Å². The predicted octanol–water partition coefficient (Wildman–Crippen LogP) is 2.25. The molecule has 0 aromatic heterocycles. The van der Waals surface area contributed by atoms with E-state index in [0.29, 0.717) is 13.0 Å². The number of benzene rings is 1. The van der Waals surface area contributed by atoms with Gasteiger partial charge in [0, 0.05) is 12.7 Å². The van der Waals surface area contributed by atoms with Gasteiger partial charge in [0.05, 0.1) is 11.7 Å². The van der Waals surface area contributed by atoms with Crippen LogP contribution in [0, 0.1) is 0 Å². The number of phenolic OH excluding ortho intramolecular Hbond substituents is 3. The van der Waals surface area contributed by atoms with E-state index in [9.17, 15) is 20.1 Å². The molecule has 3 N–H and O–H groups in total. The Morgan fingerprint density at radius 3 is 2.56 bits per heavy atom. The van der Waals surface area contributed by atoms with E-state index >= 15 is 0 Å². The number of hydrogen-bond donors (Lipinski definition) is 3. The summed E-state index contributed by atoms with van der Waals surface area (Å²) >= 11 is 0. The highest BCUT2D eigenvalue weighted by molar-refractivity contribution is 6.00. The largest absolute Gasteiger partial charge is 0.507 e. The Labute approximate surface area is 105 Å². The second-order valence-electron chi connectivity index (χ2n) is 4.46. The summed E-state index contributed by atoms with van der Waals surface area (Å²) in [4.78, 5) is 11.4. The number of Topliss-reactive ketones (excluding diaryl/α,β-unsaturated/α-hetero) is 1. The number of ether oxygens (including phenoxy) is 1. The number of phenols is 3. The van der Waals surface area contributed by atoms with Crippen molar-refractivity contribution in [1.29, 1.82) is 0 Å². The summed E-state index contributed by atoms with van der Waals surface area (Å²) in [5, 5.41) is 29.5. The summed E-state index contributed by atoms with van der Waals surface area (Å²) in [6.45, 7) is 1.80. The molecule has 2 rings (SSSR count). The second-order valence-corrected chi connectivity index (χ2v) is 4.46. The fraction of sp³-hybridized carbons (Fsp3) is 0.462. The summed E-state index contributed by atoms with van der Waals surface area (Å²) < 4.78 is 5.49. The molecule has 1 aromatic carbocycles. The Bertz CT molecular complexity index is 475. The van der Waals surface area contributed by atoms with Gasteiger partial charge < -0.3 is 20.1 Å². The first kappa shape index (κ1) is 12.7. The maximum Gasteiger partial charge on any atom is 0.167 e. The average Bonchev–Trinajstić information content (AvgIpc) is 2.28. The van der Waals surface area contributed by atoms with Gasteiger partial charge in [0.25, 0.3) is 0 Å². The Morgan fingerprint density at radius 2 is 2.00 bits per heavy atom. The molecule has 1 saturated heterocycles. The third kappa shape index (κ3) is 2.13. The van der Waals surface area contributed by atoms with Crippen LogP contribution in [0.15, 0.2) is 6.07 Å². The maximum atomic E-state index is 11.4. The standard InChI is InChI=1S/C13H16O5/c1-7(14)11-8(15)6-9(16)12(13(11)17)10-4-2-3-5-18-10/h6,10,15-17H,2-5H2,1H3. The lowest BCUT2D eigenvalue weighted by Gasteiger charge is -2.25. The SMILES string of the molecule is CC(=O)c1c(O)cc(O)c(C2CCCCO2)c1O. The second kappa shape index (κ2) is 4.86. The van der Waals surface area contributed by atoms with Crippen LogP contribution in [0.1, 0.15) is 48.2 Å². The zero-order valence-electron chi connectivity index (χ0n) is 10.1. The van der Waals surface area contributed by atoms with E-state index in [1.54, 1.807) is 0 Å². The Balaban J connectivity index is 2.52. The normalized spacial score (nSPS) is 19.7. The lowest BCUT2D eigenvalue weighted by molar-refractivity contribution is 0.0122. The minimum atomic E-state index is -0.456. The quantitative estimate of drug-likeness (QED) is 0.703. The van der Waals surface area contributed by atoms with Gasteiger partial charge in [0.2, 0.25) is 0 Å². The van der Waals surface area contributed by atoms with Gasteiger partial charge in [-0.25, -0.2) is 0 Å². The van der Waals surface area contributed by atoms with Gasteiger partial charge in [-0.3, -0.25) is 4.79 Å². The Morgan fingerprint density at radius 1 is 1.28 bits per heavy atom. The first-order valence-electron chi connectivity index (χ1n) is 5.92. The molecular formula is C13H16O5. The van der Waals surface area contributed by atoms with Crippen LogP contribution in [0.2, 0.25) is 0 Å². The van der Waals surface area contributed by atoms with Crippen LogP contribution in [-0.2, 0) is 4.74 Å². The summed E-state index contributed by atoms with van der Waals surface area (Å²) in [6, 6.07) is 1.07. The van der Waals surface area contributed by atoms with Crippen molar-refractivity contribution in [3.05, 3.63) is 17.2 Å². The molecule has 0 aliphatic carbocycles. The van der Waals surface area contributed by atoms with Gasteiger partial charge in [0.1, 0.15) is 22.8 Å². The smallest absolute Gasteiger partial charge is 0.167 e. The molecule has 0 spiro atoms. The van der Waals surface area contributed by atoms with Gasteiger partial charge >= 0.3 is 0 Å². The van der Waals surface area contributed by atoms with Crippen LogP contribution in [0.25, 0.3) is 0 Å². The van der Waals surface area contributed by atoms with E-state index < -0.39 is 17.6 Å². The monoisotopic (exact) mass is 252 g/mol. The number of carbonyl (C=O) groups excluding carboxylic acids is 1. The van der Waals surface area contributed by atoms with Gasteiger partial charge in [-0.2, -0.15) is 0 Å². The molecule has 98 valence electrons. The van der Waals surface area contributed by atoms with Crippen LogP contribution in [0.3, 0.4) is 0 Å². The molecule has 0 saturated carbocycles. The van der Waals surface area contributed by atoms with Crippen molar-refractivity contribution in [3.8, 4) is 17.2 Å². The lowest BCUT2D eigenvalue weighted by atomic mass is 9.95. The summed E-state index contributed by atoms with van der Waals surface area (Å²) in [7, 11) is 0. The first-order chi connectivity index (χ1) is 8.52. The molecule has 1 atom stereocenters. The van der Waals surface area contributed by atoms with E-state index in [2.05, 4.69) is 0 Å². The number of hydrogen-bond acceptors (Lipinski definition) is 5. The minimum Gasteiger partial charge on any atom is -0.507 e. The molecule has 18 heavy (non-hydrogen) atoms. The molecule has 0 bridgehead atoms. The molecule has 5 heteroatoms. The third-order valence-corrected chi connectivity index (χ3v) is 3.15. The van der Waals surface area contributed by atoms with Crippen LogP contribution in [-0.4, -0.2) is 27.7 Å². The number of aromatic hydroxyl groups is 3. The summed E-state index contributed by atoms with van der Waals surface area (Å²) in [5.74, 6) is -1.51. The number of carbonyl (C=O) groups is 1. The van der Waals surface area contributed by atoms with E-state index in [-0.39, 0.29) is 22.6 Å². The summed E-state index contributed by atoms with van der Waals surface area (Å²) in [6.07, 6.45) is 2.11. The van der Waals surface area contributed by atoms with Gasteiger partial charge in [-0.05, 0) is 26.2 Å². The van der Waals surface area contributed by atoms with Crippen molar-refractivity contribution in [2.24, 2.45) is 0 Å². The van der Waals surface area contributed by atoms with Crippen LogP contribution in [0.4, 0.5) is 0 Å². The molecule has 1 fully saturated rings. The third-order valence-electron chi connectivity index (χ3n) is 3.15. The predicted molar refractivity (Wildman–Crippen MR) is 64.0 cm³/mol. The Kier molecular flexibility index (Phi) is 3.43. The summed E-state index contributed by atoms with van der Waals surface area (Å²) in [5.41, 5.74) is 0.0228. The van der Waals surface area contributed by atoms with Crippen molar-refractivity contribution in [1.82, 2.24) is 0 Å². The maximum absolute atomic E-state index is 11.4. The lowest BCUT2D eigenvalue weighted by Crippen LogP contribution is -2.12. The molecule has 1 heterocycles. The van der Waals surface area contributed by atoms with Crippen molar-refractivity contribution in [3.63, 3.8) is 0 Å².